The molecular formula is C51H93O8P. The molecular weight excluding hydrogens is 772 g/mol. The van der Waals surface area contributed by atoms with Gasteiger partial charge in [-0.25, -0.2) is 4.57 Å². The van der Waals surface area contributed by atoms with E-state index >= 15 is 0 Å². The molecule has 0 aliphatic rings. The Balaban J connectivity index is 3.88. The Bertz CT molecular complexity index is 1110. The predicted molar refractivity (Wildman–Crippen MR) is 253 cm³/mol. The third kappa shape index (κ3) is 48.7. The number of carbonyl (C=O) groups excluding carboxylic acids is 2. The third-order valence-corrected chi connectivity index (χ3v) is 11.3. The number of ether oxygens (including phenoxy) is 2. The molecule has 0 bridgehead atoms. The van der Waals surface area contributed by atoms with Gasteiger partial charge >= 0.3 is 19.8 Å². The van der Waals surface area contributed by atoms with E-state index in [1.165, 1.54) is 148 Å². The van der Waals surface area contributed by atoms with E-state index in [0.29, 0.717) is 12.8 Å². The van der Waals surface area contributed by atoms with E-state index in [1.54, 1.807) is 0 Å². The van der Waals surface area contributed by atoms with Gasteiger partial charge in [-0.2, -0.15) is 0 Å². The topological polar surface area (TPSA) is 119 Å². The average Bonchev–Trinajstić information content (AvgIpc) is 3.22. The van der Waals surface area contributed by atoms with Crippen molar-refractivity contribution in [2.24, 2.45) is 0 Å². The number of hydrogen-bond donors (Lipinski definition) is 2. The Morgan fingerprint density at radius 1 is 0.433 bits per heavy atom. The summed E-state index contributed by atoms with van der Waals surface area (Å²) in [6.45, 7) is 3.66. The van der Waals surface area contributed by atoms with Gasteiger partial charge < -0.3 is 19.3 Å². The summed E-state index contributed by atoms with van der Waals surface area (Å²) in [5.74, 6) is -0.933. The number of phosphoric ester groups is 1. The third-order valence-electron chi connectivity index (χ3n) is 10.8. The molecule has 0 aromatic rings. The van der Waals surface area contributed by atoms with Gasteiger partial charge in [-0.15, -0.1) is 0 Å². The fourth-order valence-electron chi connectivity index (χ4n) is 7.07. The van der Waals surface area contributed by atoms with E-state index < -0.39 is 32.5 Å². The number of phosphoric acid groups is 1. The molecule has 0 aliphatic heterocycles. The van der Waals surface area contributed by atoms with Crippen molar-refractivity contribution in [3.05, 3.63) is 48.6 Å². The molecule has 0 aliphatic carbocycles. The van der Waals surface area contributed by atoms with Gasteiger partial charge in [0.15, 0.2) is 6.10 Å². The van der Waals surface area contributed by atoms with Crippen LogP contribution in [0.15, 0.2) is 48.6 Å². The summed E-state index contributed by atoms with van der Waals surface area (Å²) < 4.78 is 26.5. The van der Waals surface area contributed by atoms with Crippen molar-refractivity contribution >= 4 is 19.8 Å². The highest BCUT2D eigenvalue weighted by atomic mass is 31.2. The smallest absolute Gasteiger partial charge is 0.462 e. The standard InChI is InChI=1S/C51H93O8P/c1-3-5-7-9-11-13-15-17-19-21-23-24-25-26-28-29-31-33-35-37-39-41-43-45-50(52)57-47-49(48-58-60(54,55)56)59-51(53)46-44-42-40-38-36-34-32-30-27-22-20-18-16-14-12-10-8-6-4-2/h12,14,18,20,29,31,37,39,49H,3-11,13,15-17,19,21-28,30,32-36,38,40-48H2,1-2H3,(H2,54,55,56)/b14-12+,20-18+,31-29+,39-37+/t49-/m1/s1. The maximum absolute atomic E-state index is 12.5. The first-order chi connectivity index (χ1) is 29.3. The number of rotatable bonds is 46. The van der Waals surface area contributed by atoms with Crippen molar-refractivity contribution in [3.8, 4) is 0 Å². The lowest BCUT2D eigenvalue weighted by molar-refractivity contribution is -0.161. The lowest BCUT2D eigenvalue weighted by atomic mass is 10.0. The fourth-order valence-corrected chi connectivity index (χ4v) is 7.43. The Kier molecular flexibility index (Phi) is 45.0. The summed E-state index contributed by atoms with van der Waals surface area (Å²) >= 11 is 0. The molecule has 0 heterocycles. The lowest BCUT2D eigenvalue weighted by Crippen LogP contribution is -2.29. The summed E-state index contributed by atoms with van der Waals surface area (Å²) in [4.78, 5) is 43.0. The van der Waals surface area contributed by atoms with E-state index in [1.807, 2.05) is 0 Å². The Morgan fingerprint density at radius 3 is 1.25 bits per heavy atom. The zero-order chi connectivity index (χ0) is 43.9. The average molecular weight is 865 g/mol. The van der Waals surface area contributed by atoms with Crippen molar-refractivity contribution in [1.29, 1.82) is 0 Å². The first kappa shape index (κ1) is 58.0. The van der Waals surface area contributed by atoms with Crippen LogP contribution in [0.1, 0.15) is 245 Å². The Morgan fingerprint density at radius 2 is 0.783 bits per heavy atom. The van der Waals surface area contributed by atoms with Crippen LogP contribution in [0.25, 0.3) is 0 Å². The Hall–Kier alpha value is -1.99. The molecule has 0 saturated carbocycles. The van der Waals surface area contributed by atoms with Crippen LogP contribution in [0, 0.1) is 0 Å². The number of hydrogen-bond acceptors (Lipinski definition) is 6. The van der Waals surface area contributed by atoms with E-state index in [4.69, 9.17) is 19.3 Å². The van der Waals surface area contributed by atoms with Gasteiger partial charge in [-0.1, -0.05) is 204 Å². The Labute approximate surface area is 369 Å². The van der Waals surface area contributed by atoms with E-state index in [0.717, 1.165) is 57.8 Å². The van der Waals surface area contributed by atoms with Crippen molar-refractivity contribution in [2.45, 2.75) is 251 Å². The number of carbonyl (C=O) groups is 2. The SMILES string of the molecule is CCCCC/C=C/C/C=C/CCCCCCCCCCCC(=O)O[C@H](COC(=O)CCC/C=C/CC/C=C/CCCCCCCCCCCCCCCC)COP(=O)(O)O. The highest BCUT2D eigenvalue weighted by Crippen LogP contribution is 2.36. The van der Waals surface area contributed by atoms with Gasteiger partial charge in [-0.05, 0) is 77.0 Å². The normalized spacial score (nSPS) is 12.8. The van der Waals surface area contributed by atoms with E-state index in [-0.39, 0.29) is 19.4 Å². The lowest BCUT2D eigenvalue weighted by Gasteiger charge is -2.18. The summed E-state index contributed by atoms with van der Waals surface area (Å²) in [6, 6.07) is 0. The highest BCUT2D eigenvalue weighted by molar-refractivity contribution is 7.46. The highest BCUT2D eigenvalue weighted by Gasteiger charge is 2.22. The molecule has 0 saturated heterocycles. The zero-order valence-electron chi connectivity index (χ0n) is 38.9. The molecule has 8 nitrogen and oxygen atoms in total. The molecule has 1 atom stereocenters. The molecule has 0 aromatic heterocycles. The van der Waals surface area contributed by atoms with Crippen LogP contribution >= 0.6 is 7.82 Å². The molecule has 0 aromatic carbocycles. The van der Waals surface area contributed by atoms with Crippen LogP contribution in [0.4, 0.5) is 0 Å². The zero-order valence-corrected chi connectivity index (χ0v) is 39.8. The molecule has 9 heteroatoms. The van der Waals surface area contributed by atoms with Crippen LogP contribution < -0.4 is 0 Å². The van der Waals surface area contributed by atoms with Gasteiger partial charge in [0.25, 0.3) is 0 Å². The summed E-state index contributed by atoms with van der Waals surface area (Å²) in [5.41, 5.74) is 0. The second kappa shape index (κ2) is 46.5. The van der Waals surface area contributed by atoms with Crippen molar-refractivity contribution in [1.82, 2.24) is 0 Å². The van der Waals surface area contributed by atoms with Gasteiger partial charge in [0.2, 0.25) is 0 Å². The molecule has 0 spiro atoms. The molecule has 0 amide bonds. The molecule has 60 heavy (non-hydrogen) atoms. The number of esters is 2. The van der Waals surface area contributed by atoms with Crippen LogP contribution in [0.5, 0.6) is 0 Å². The maximum Gasteiger partial charge on any atom is 0.469 e. The largest absolute Gasteiger partial charge is 0.469 e. The predicted octanol–water partition coefficient (Wildman–Crippen LogP) is 15.9. The summed E-state index contributed by atoms with van der Waals surface area (Å²) in [5, 5.41) is 0. The molecule has 0 rings (SSSR count). The van der Waals surface area contributed by atoms with Crippen LogP contribution in [-0.2, 0) is 28.2 Å². The van der Waals surface area contributed by atoms with E-state index in [2.05, 4.69) is 67.0 Å². The van der Waals surface area contributed by atoms with Crippen LogP contribution in [0.3, 0.4) is 0 Å². The monoisotopic (exact) mass is 865 g/mol. The second-order valence-electron chi connectivity index (χ2n) is 16.8. The molecule has 0 unspecified atom stereocenters. The van der Waals surface area contributed by atoms with Gasteiger partial charge in [0, 0.05) is 12.8 Å². The minimum absolute atomic E-state index is 0.199. The van der Waals surface area contributed by atoms with Crippen molar-refractivity contribution in [3.63, 3.8) is 0 Å². The summed E-state index contributed by atoms with van der Waals surface area (Å²) in [6.07, 6.45) is 58.5. The van der Waals surface area contributed by atoms with Gasteiger partial charge in [0.1, 0.15) is 6.61 Å². The minimum Gasteiger partial charge on any atom is -0.462 e. The minimum atomic E-state index is -4.77. The van der Waals surface area contributed by atoms with E-state index in [9.17, 15) is 14.2 Å². The molecule has 350 valence electrons. The molecule has 2 N–H and O–H groups in total. The quantitative estimate of drug-likeness (QED) is 0.0269. The second-order valence-corrected chi connectivity index (χ2v) is 18.0. The fraction of sp³-hybridized carbons (Fsp3) is 0.804. The molecule has 0 radical (unpaired) electrons. The number of allylic oxidation sites excluding steroid dienone is 8. The number of unbranched alkanes of at least 4 members (excludes halogenated alkanes) is 28. The van der Waals surface area contributed by atoms with Crippen molar-refractivity contribution < 1.29 is 37.9 Å². The van der Waals surface area contributed by atoms with Crippen molar-refractivity contribution in [2.75, 3.05) is 13.2 Å². The van der Waals surface area contributed by atoms with Gasteiger partial charge in [-0.3, -0.25) is 14.1 Å². The van der Waals surface area contributed by atoms with Crippen LogP contribution in [0.2, 0.25) is 0 Å². The van der Waals surface area contributed by atoms with Gasteiger partial charge in [0.05, 0.1) is 6.61 Å². The maximum atomic E-state index is 12.5. The first-order valence-electron chi connectivity index (χ1n) is 24.9. The molecule has 0 fully saturated rings. The van der Waals surface area contributed by atoms with Crippen LogP contribution in [-0.4, -0.2) is 41.0 Å². The first-order valence-corrected chi connectivity index (χ1v) is 26.5. The summed E-state index contributed by atoms with van der Waals surface area (Å²) in [7, 11) is -4.77.